The zero-order chi connectivity index (χ0) is 10.8. The van der Waals surface area contributed by atoms with Gasteiger partial charge in [-0.05, 0) is 37.1 Å². The summed E-state index contributed by atoms with van der Waals surface area (Å²) >= 11 is 0. The van der Waals surface area contributed by atoms with Crippen molar-refractivity contribution in [2.45, 2.75) is 65.8 Å². The highest BCUT2D eigenvalue weighted by molar-refractivity contribution is 5.04. The predicted molar refractivity (Wildman–Crippen MR) is 63.5 cm³/mol. The minimum Gasteiger partial charge on any atom is -0.310 e. The van der Waals surface area contributed by atoms with Crippen LogP contribution in [0, 0.1) is 11.3 Å². The normalized spacial score (nSPS) is 30.6. The maximum atomic E-state index is 3.79. The van der Waals surface area contributed by atoms with E-state index < -0.39 is 0 Å². The van der Waals surface area contributed by atoms with Crippen LogP contribution in [0.1, 0.15) is 60.3 Å². The van der Waals surface area contributed by atoms with Gasteiger partial charge in [-0.25, -0.2) is 0 Å². The Bertz CT molecular complexity index is 172. The third-order valence-electron chi connectivity index (χ3n) is 4.09. The number of hydrogen-bond donors (Lipinski definition) is 1. The molecular weight excluding hydrogens is 170 g/mol. The second kappa shape index (κ2) is 4.22. The maximum absolute atomic E-state index is 3.79. The summed E-state index contributed by atoms with van der Waals surface area (Å²) < 4.78 is 0. The van der Waals surface area contributed by atoms with E-state index in [0.717, 1.165) is 5.92 Å². The lowest BCUT2D eigenvalue weighted by Crippen LogP contribution is -2.55. The Morgan fingerprint density at radius 2 is 2.00 bits per heavy atom. The van der Waals surface area contributed by atoms with Crippen LogP contribution in [0.4, 0.5) is 0 Å². The van der Waals surface area contributed by atoms with Crippen LogP contribution in [-0.4, -0.2) is 12.1 Å². The van der Waals surface area contributed by atoms with E-state index in [1.54, 1.807) is 0 Å². The third kappa shape index (κ3) is 1.98. The van der Waals surface area contributed by atoms with Gasteiger partial charge in [0.05, 0.1) is 0 Å². The summed E-state index contributed by atoms with van der Waals surface area (Å²) in [6, 6.07) is 0. The molecule has 0 aliphatic carbocycles. The maximum Gasteiger partial charge on any atom is 0.0255 e. The van der Waals surface area contributed by atoms with Gasteiger partial charge in [0.25, 0.3) is 0 Å². The molecule has 1 heterocycles. The van der Waals surface area contributed by atoms with Crippen LogP contribution in [0.15, 0.2) is 0 Å². The van der Waals surface area contributed by atoms with E-state index >= 15 is 0 Å². The van der Waals surface area contributed by atoms with Crippen molar-refractivity contribution in [1.29, 1.82) is 0 Å². The highest BCUT2D eigenvalue weighted by Crippen LogP contribution is 2.44. The molecule has 1 N–H and O–H groups in total. The van der Waals surface area contributed by atoms with Crippen molar-refractivity contribution in [1.82, 2.24) is 5.32 Å². The largest absolute Gasteiger partial charge is 0.310 e. The van der Waals surface area contributed by atoms with Gasteiger partial charge in [-0.15, -0.1) is 0 Å². The molecule has 0 aromatic carbocycles. The SMILES string of the molecule is CCCC(C)C1(C(C)(C)C)CCCN1. The topological polar surface area (TPSA) is 12.0 Å². The fourth-order valence-electron chi connectivity index (χ4n) is 3.25. The predicted octanol–water partition coefficient (Wildman–Crippen LogP) is 3.59. The third-order valence-corrected chi connectivity index (χ3v) is 4.09. The van der Waals surface area contributed by atoms with E-state index in [-0.39, 0.29) is 0 Å². The molecule has 14 heavy (non-hydrogen) atoms. The van der Waals surface area contributed by atoms with Crippen molar-refractivity contribution in [3.63, 3.8) is 0 Å². The highest BCUT2D eigenvalue weighted by Gasteiger charge is 2.47. The van der Waals surface area contributed by atoms with Crippen molar-refractivity contribution < 1.29 is 0 Å². The Hall–Kier alpha value is -0.0400. The molecule has 0 aromatic rings. The van der Waals surface area contributed by atoms with Crippen LogP contribution in [-0.2, 0) is 0 Å². The first kappa shape index (κ1) is 12.0. The molecular formula is C13H27N. The van der Waals surface area contributed by atoms with Crippen molar-refractivity contribution in [2.24, 2.45) is 11.3 Å². The Labute approximate surface area is 89.7 Å². The molecule has 1 saturated heterocycles. The molecule has 1 heteroatoms. The lowest BCUT2D eigenvalue weighted by atomic mass is 9.65. The highest BCUT2D eigenvalue weighted by atomic mass is 15.0. The lowest BCUT2D eigenvalue weighted by Gasteiger charge is -2.47. The van der Waals surface area contributed by atoms with E-state index in [0.29, 0.717) is 11.0 Å². The Balaban J connectivity index is 2.81. The van der Waals surface area contributed by atoms with Crippen LogP contribution in [0.5, 0.6) is 0 Å². The van der Waals surface area contributed by atoms with E-state index in [1.807, 2.05) is 0 Å². The van der Waals surface area contributed by atoms with E-state index in [4.69, 9.17) is 0 Å². The average molecular weight is 197 g/mol. The van der Waals surface area contributed by atoms with Crippen LogP contribution < -0.4 is 5.32 Å². The van der Waals surface area contributed by atoms with Crippen molar-refractivity contribution >= 4 is 0 Å². The first-order valence-electron chi connectivity index (χ1n) is 6.19. The van der Waals surface area contributed by atoms with Crippen LogP contribution in [0.25, 0.3) is 0 Å². The Morgan fingerprint density at radius 1 is 1.36 bits per heavy atom. The fraction of sp³-hybridized carbons (Fsp3) is 1.00. The number of nitrogens with one attached hydrogen (secondary N) is 1. The van der Waals surface area contributed by atoms with Gasteiger partial charge in [0.2, 0.25) is 0 Å². The smallest absolute Gasteiger partial charge is 0.0255 e. The first-order chi connectivity index (χ1) is 6.44. The zero-order valence-electron chi connectivity index (χ0n) is 10.6. The van der Waals surface area contributed by atoms with Crippen LogP contribution in [0.2, 0.25) is 0 Å². The zero-order valence-corrected chi connectivity index (χ0v) is 10.6. The summed E-state index contributed by atoms with van der Waals surface area (Å²) in [5.74, 6) is 0.801. The summed E-state index contributed by atoms with van der Waals surface area (Å²) in [6.45, 7) is 13.1. The molecule has 1 rings (SSSR count). The molecule has 1 aliphatic rings. The molecule has 0 spiro atoms. The summed E-state index contributed by atoms with van der Waals surface area (Å²) in [4.78, 5) is 0. The number of hydrogen-bond acceptors (Lipinski definition) is 1. The lowest BCUT2D eigenvalue weighted by molar-refractivity contribution is 0.0903. The van der Waals surface area contributed by atoms with Crippen LogP contribution in [0.3, 0.4) is 0 Å². The second-order valence-electron chi connectivity index (χ2n) is 5.94. The van der Waals surface area contributed by atoms with Crippen LogP contribution >= 0.6 is 0 Å². The Morgan fingerprint density at radius 3 is 2.36 bits per heavy atom. The molecule has 2 unspecified atom stereocenters. The average Bonchev–Trinajstić information content (AvgIpc) is 2.51. The monoisotopic (exact) mass is 197 g/mol. The van der Waals surface area contributed by atoms with E-state index in [2.05, 4.69) is 39.9 Å². The summed E-state index contributed by atoms with van der Waals surface area (Å²) in [6.07, 6.45) is 5.37. The fourth-order valence-corrected chi connectivity index (χ4v) is 3.25. The second-order valence-corrected chi connectivity index (χ2v) is 5.94. The van der Waals surface area contributed by atoms with Gasteiger partial charge >= 0.3 is 0 Å². The first-order valence-corrected chi connectivity index (χ1v) is 6.19. The minimum absolute atomic E-state index is 0.387. The molecule has 0 amide bonds. The van der Waals surface area contributed by atoms with Gasteiger partial charge in [0.15, 0.2) is 0 Å². The van der Waals surface area contributed by atoms with Crippen molar-refractivity contribution in [3.05, 3.63) is 0 Å². The minimum atomic E-state index is 0.387. The standard InChI is InChI=1S/C13H27N/c1-6-8-11(2)13(12(3,4)5)9-7-10-14-13/h11,14H,6-10H2,1-5H3. The van der Waals surface area contributed by atoms with Crippen molar-refractivity contribution in [2.75, 3.05) is 6.54 Å². The summed E-state index contributed by atoms with van der Waals surface area (Å²) in [5, 5.41) is 3.79. The van der Waals surface area contributed by atoms with Gasteiger partial charge in [-0.1, -0.05) is 41.0 Å². The van der Waals surface area contributed by atoms with Gasteiger partial charge in [-0.3, -0.25) is 0 Å². The molecule has 0 aromatic heterocycles. The molecule has 0 bridgehead atoms. The molecule has 1 nitrogen and oxygen atoms in total. The summed E-state index contributed by atoms with van der Waals surface area (Å²) in [7, 11) is 0. The quantitative estimate of drug-likeness (QED) is 0.729. The molecule has 0 saturated carbocycles. The van der Waals surface area contributed by atoms with Gasteiger partial charge < -0.3 is 5.32 Å². The van der Waals surface area contributed by atoms with Gasteiger partial charge in [-0.2, -0.15) is 0 Å². The molecule has 84 valence electrons. The summed E-state index contributed by atoms with van der Waals surface area (Å²) in [5.41, 5.74) is 0.779. The molecule has 0 radical (unpaired) electrons. The molecule has 1 fully saturated rings. The van der Waals surface area contributed by atoms with Gasteiger partial charge in [0, 0.05) is 5.54 Å². The van der Waals surface area contributed by atoms with Gasteiger partial charge in [0.1, 0.15) is 0 Å². The van der Waals surface area contributed by atoms with E-state index in [9.17, 15) is 0 Å². The van der Waals surface area contributed by atoms with Crippen molar-refractivity contribution in [3.8, 4) is 0 Å². The van der Waals surface area contributed by atoms with E-state index in [1.165, 1.54) is 32.2 Å². The number of rotatable bonds is 3. The molecule has 2 atom stereocenters. The Kier molecular flexibility index (Phi) is 3.63. The molecule has 1 aliphatic heterocycles.